The molecule has 0 bridgehead atoms. The van der Waals surface area contributed by atoms with Gasteiger partial charge in [0.15, 0.2) is 6.61 Å². The Balaban J connectivity index is 1.91. The number of ether oxygens (including phenoxy) is 2. The normalized spacial score (nSPS) is 17.4. The van der Waals surface area contributed by atoms with Gasteiger partial charge in [-0.15, -0.1) is 0 Å². The van der Waals surface area contributed by atoms with Crippen LogP contribution in [0.1, 0.15) is 39.2 Å². The Morgan fingerprint density at radius 1 is 1.32 bits per heavy atom. The van der Waals surface area contributed by atoms with Gasteiger partial charge in [-0.1, -0.05) is 0 Å². The SMILES string of the molecule is CC(C)(C)OC(=O)N1CCC[C@H]1C(=O)NCc1ccnc(OCC(F)(F)F)c1. The van der Waals surface area contributed by atoms with Crippen LogP contribution in [0.5, 0.6) is 5.88 Å². The number of aromatic nitrogens is 1. The lowest BCUT2D eigenvalue weighted by molar-refractivity contribution is -0.154. The first-order valence-corrected chi connectivity index (χ1v) is 8.86. The Hall–Kier alpha value is -2.52. The van der Waals surface area contributed by atoms with Crippen LogP contribution in [-0.2, 0) is 16.1 Å². The molecule has 0 saturated carbocycles. The molecule has 28 heavy (non-hydrogen) atoms. The molecule has 1 saturated heterocycles. The maximum absolute atomic E-state index is 12.5. The van der Waals surface area contributed by atoms with Crippen molar-refractivity contribution in [2.45, 2.75) is 58.0 Å². The molecule has 1 aromatic rings. The lowest BCUT2D eigenvalue weighted by atomic mass is 10.2. The molecule has 7 nitrogen and oxygen atoms in total. The molecule has 1 fully saturated rings. The summed E-state index contributed by atoms with van der Waals surface area (Å²) < 4.78 is 46.6. The Bertz CT molecular complexity index is 704. The molecule has 2 rings (SSSR count). The second-order valence-electron chi connectivity index (χ2n) is 7.46. The standard InChI is InChI=1S/C18H24F3N3O4/c1-17(2,3)28-16(26)24-8-4-5-13(24)15(25)23-10-12-6-7-22-14(9-12)27-11-18(19,20)21/h6-7,9,13H,4-5,8,10-11H2,1-3H3,(H,23,25)/t13-/m0/s1. The summed E-state index contributed by atoms with van der Waals surface area (Å²) in [5.41, 5.74) is -0.132. The zero-order valence-electron chi connectivity index (χ0n) is 16.0. The van der Waals surface area contributed by atoms with Crippen molar-refractivity contribution in [2.24, 2.45) is 0 Å². The Morgan fingerprint density at radius 2 is 2.04 bits per heavy atom. The third kappa shape index (κ3) is 6.90. The quantitative estimate of drug-likeness (QED) is 0.817. The second-order valence-corrected chi connectivity index (χ2v) is 7.46. The molecule has 1 aliphatic rings. The van der Waals surface area contributed by atoms with E-state index < -0.39 is 30.5 Å². The van der Waals surface area contributed by atoms with Crippen LogP contribution in [0.25, 0.3) is 0 Å². The summed E-state index contributed by atoms with van der Waals surface area (Å²) in [7, 11) is 0. The number of nitrogens with one attached hydrogen (secondary N) is 1. The molecular formula is C18H24F3N3O4. The highest BCUT2D eigenvalue weighted by Gasteiger charge is 2.36. The monoisotopic (exact) mass is 403 g/mol. The molecule has 0 aromatic carbocycles. The number of carbonyl (C=O) groups excluding carboxylic acids is 2. The van der Waals surface area contributed by atoms with Gasteiger partial charge in [0.2, 0.25) is 11.8 Å². The molecule has 10 heteroatoms. The van der Waals surface area contributed by atoms with Crippen molar-refractivity contribution >= 4 is 12.0 Å². The first kappa shape index (κ1) is 21.8. The van der Waals surface area contributed by atoms with Gasteiger partial charge in [-0.3, -0.25) is 9.69 Å². The third-order valence-corrected chi connectivity index (χ3v) is 3.83. The van der Waals surface area contributed by atoms with Gasteiger partial charge in [-0.25, -0.2) is 9.78 Å². The summed E-state index contributed by atoms with van der Waals surface area (Å²) in [4.78, 5) is 29.8. The number of alkyl halides is 3. The van der Waals surface area contributed by atoms with Crippen molar-refractivity contribution in [2.75, 3.05) is 13.2 Å². The number of nitrogens with zero attached hydrogens (tertiary/aromatic N) is 2. The fourth-order valence-electron chi connectivity index (χ4n) is 2.68. The molecule has 0 radical (unpaired) electrons. The van der Waals surface area contributed by atoms with Crippen molar-refractivity contribution in [3.63, 3.8) is 0 Å². The number of pyridine rings is 1. The van der Waals surface area contributed by atoms with Gasteiger partial charge >= 0.3 is 12.3 Å². The summed E-state index contributed by atoms with van der Waals surface area (Å²) in [6, 6.07) is 2.24. The summed E-state index contributed by atoms with van der Waals surface area (Å²) in [5.74, 6) is -0.529. The van der Waals surface area contributed by atoms with Crippen LogP contribution in [0.15, 0.2) is 18.3 Å². The highest BCUT2D eigenvalue weighted by Crippen LogP contribution is 2.21. The number of likely N-dealkylation sites (tertiary alicyclic amines) is 1. The molecular weight excluding hydrogens is 379 g/mol. The van der Waals surface area contributed by atoms with Gasteiger partial charge in [0.05, 0.1) is 0 Å². The Morgan fingerprint density at radius 3 is 2.68 bits per heavy atom. The van der Waals surface area contributed by atoms with E-state index in [1.165, 1.54) is 17.2 Å². The van der Waals surface area contributed by atoms with E-state index >= 15 is 0 Å². The fraction of sp³-hybridized carbons (Fsp3) is 0.611. The number of carbonyl (C=O) groups is 2. The van der Waals surface area contributed by atoms with Gasteiger partial charge in [0.1, 0.15) is 11.6 Å². The van der Waals surface area contributed by atoms with Gasteiger partial charge < -0.3 is 14.8 Å². The van der Waals surface area contributed by atoms with Gasteiger partial charge in [0, 0.05) is 25.4 Å². The fourth-order valence-corrected chi connectivity index (χ4v) is 2.68. The Kier molecular flexibility index (Phi) is 6.73. The van der Waals surface area contributed by atoms with E-state index in [4.69, 9.17) is 4.74 Å². The van der Waals surface area contributed by atoms with Crippen LogP contribution in [0.2, 0.25) is 0 Å². The predicted octanol–water partition coefficient (Wildman–Crippen LogP) is 3.04. The van der Waals surface area contributed by atoms with E-state index in [1.807, 2.05) is 0 Å². The van der Waals surface area contributed by atoms with E-state index in [0.29, 0.717) is 24.9 Å². The van der Waals surface area contributed by atoms with E-state index in [-0.39, 0.29) is 18.3 Å². The van der Waals surface area contributed by atoms with Crippen molar-refractivity contribution in [1.29, 1.82) is 0 Å². The van der Waals surface area contributed by atoms with Crippen LogP contribution in [-0.4, -0.2) is 52.9 Å². The van der Waals surface area contributed by atoms with Crippen LogP contribution in [0.4, 0.5) is 18.0 Å². The number of rotatable bonds is 5. The van der Waals surface area contributed by atoms with Crippen LogP contribution in [0, 0.1) is 0 Å². The average molecular weight is 403 g/mol. The zero-order valence-corrected chi connectivity index (χ0v) is 16.0. The molecule has 0 spiro atoms. The molecule has 0 aliphatic carbocycles. The molecule has 2 heterocycles. The first-order valence-electron chi connectivity index (χ1n) is 8.86. The summed E-state index contributed by atoms with van der Waals surface area (Å²) >= 11 is 0. The molecule has 1 atom stereocenters. The number of amides is 2. The molecule has 1 aliphatic heterocycles. The summed E-state index contributed by atoms with van der Waals surface area (Å²) in [6.45, 7) is 4.30. The molecule has 1 aromatic heterocycles. The largest absolute Gasteiger partial charge is 0.468 e. The number of hydrogen-bond donors (Lipinski definition) is 1. The van der Waals surface area contributed by atoms with Crippen molar-refractivity contribution in [3.8, 4) is 5.88 Å². The van der Waals surface area contributed by atoms with Gasteiger partial charge in [-0.05, 0) is 45.2 Å². The predicted molar refractivity (Wildman–Crippen MR) is 93.6 cm³/mol. The average Bonchev–Trinajstić information content (AvgIpc) is 3.06. The van der Waals surface area contributed by atoms with Crippen molar-refractivity contribution < 1.29 is 32.2 Å². The minimum Gasteiger partial charge on any atom is -0.468 e. The second kappa shape index (κ2) is 8.66. The maximum atomic E-state index is 12.5. The number of hydrogen-bond acceptors (Lipinski definition) is 5. The third-order valence-electron chi connectivity index (χ3n) is 3.83. The summed E-state index contributed by atoms with van der Waals surface area (Å²) in [6.07, 6.45) is -2.50. The Labute approximate surface area is 161 Å². The molecule has 0 unspecified atom stereocenters. The minimum atomic E-state index is -4.46. The maximum Gasteiger partial charge on any atom is 0.422 e. The molecule has 156 valence electrons. The van der Waals surface area contributed by atoms with Crippen LogP contribution < -0.4 is 10.1 Å². The number of halogens is 3. The van der Waals surface area contributed by atoms with E-state index in [1.54, 1.807) is 26.8 Å². The highest BCUT2D eigenvalue weighted by molar-refractivity contribution is 5.86. The molecule has 2 amide bonds. The van der Waals surface area contributed by atoms with Crippen LogP contribution >= 0.6 is 0 Å². The topological polar surface area (TPSA) is 80.8 Å². The summed E-state index contributed by atoms with van der Waals surface area (Å²) in [5, 5.41) is 2.69. The highest BCUT2D eigenvalue weighted by atomic mass is 19.4. The zero-order chi connectivity index (χ0) is 20.9. The lowest BCUT2D eigenvalue weighted by Crippen LogP contribution is -2.47. The van der Waals surface area contributed by atoms with E-state index in [9.17, 15) is 22.8 Å². The van der Waals surface area contributed by atoms with Crippen molar-refractivity contribution in [1.82, 2.24) is 15.2 Å². The van der Waals surface area contributed by atoms with E-state index in [0.717, 1.165) is 0 Å². The minimum absolute atomic E-state index is 0.0718. The first-order chi connectivity index (χ1) is 12.9. The van der Waals surface area contributed by atoms with Gasteiger partial charge in [-0.2, -0.15) is 13.2 Å². The van der Waals surface area contributed by atoms with E-state index in [2.05, 4.69) is 15.0 Å². The molecule has 1 N–H and O–H groups in total. The smallest absolute Gasteiger partial charge is 0.422 e. The van der Waals surface area contributed by atoms with Crippen molar-refractivity contribution in [3.05, 3.63) is 23.9 Å². The van der Waals surface area contributed by atoms with Gasteiger partial charge in [0.25, 0.3) is 0 Å². The van der Waals surface area contributed by atoms with Crippen LogP contribution in [0.3, 0.4) is 0 Å². The lowest BCUT2D eigenvalue weighted by Gasteiger charge is -2.28.